The number of methoxy groups -OCH3 is 1. The largest absolute Gasteiger partial charge is 0.497 e. The Morgan fingerprint density at radius 2 is 1.74 bits per heavy atom. The minimum Gasteiger partial charge on any atom is -0.497 e. The van der Waals surface area contributed by atoms with Gasteiger partial charge in [-0.2, -0.15) is 4.98 Å². The highest BCUT2D eigenvalue weighted by atomic mass is 16.5. The Bertz CT molecular complexity index is 882. The zero-order valence-corrected chi connectivity index (χ0v) is 15.3. The topological polar surface area (TPSA) is 97.8 Å². The molecule has 3 aromatic rings. The van der Waals surface area contributed by atoms with E-state index in [4.69, 9.17) is 14.0 Å². The van der Waals surface area contributed by atoms with Gasteiger partial charge in [0.05, 0.1) is 20.3 Å². The third-order valence-corrected chi connectivity index (χ3v) is 4.25. The van der Waals surface area contributed by atoms with Crippen LogP contribution >= 0.6 is 0 Å². The molecule has 1 aromatic heterocycles. The number of aryl methyl sites for hydroxylation is 1. The summed E-state index contributed by atoms with van der Waals surface area (Å²) in [6, 6.07) is 11.3. The molecule has 142 valence electrons. The van der Waals surface area contributed by atoms with Crippen LogP contribution in [-0.4, -0.2) is 27.5 Å². The SMILES string of the molecule is COc1cc(CO)c(OCc2nc(Cc3ccccc3C)no2)c(CO)c1. The maximum absolute atomic E-state index is 9.58. The third kappa shape index (κ3) is 4.45. The van der Waals surface area contributed by atoms with E-state index in [2.05, 4.69) is 10.1 Å². The minimum absolute atomic E-state index is 0.0348. The summed E-state index contributed by atoms with van der Waals surface area (Å²) in [6.45, 7) is 1.58. The highest BCUT2D eigenvalue weighted by molar-refractivity contribution is 5.47. The zero-order chi connectivity index (χ0) is 19.2. The van der Waals surface area contributed by atoms with E-state index in [1.54, 1.807) is 12.1 Å². The number of ether oxygens (including phenoxy) is 2. The van der Waals surface area contributed by atoms with Crippen LogP contribution in [-0.2, 0) is 26.2 Å². The Balaban J connectivity index is 1.73. The van der Waals surface area contributed by atoms with Crippen LogP contribution in [0.1, 0.15) is 34.0 Å². The van der Waals surface area contributed by atoms with Crippen LogP contribution in [0.3, 0.4) is 0 Å². The van der Waals surface area contributed by atoms with Crippen molar-refractivity contribution in [3.8, 4) is 11.5 Å². The van der Waals surface area contributed by atoms with Gasteiger partial charge in [0.1, 0.15) is 11.5 Å². The van der Waals surface area contributed by atoms with Crippen LogP contribution in [0.15, 0.2) is 40.9 Å². The molecule has 0 bridgehead atoms. The van der Waals surface area contributed by atoms with E-state index >= 15 is 0 Å². The minimum atomic E-state index is -0.248. The van der Waals surface area contributed by atoms with Gasteiger partial charge >= 0.3 is 0 Å². The van der Waals surface area contributed by atoms with Crippen LogP contribution in [0.2, 0.25) is 0 Å². The maximum atomic E-state index is 9.58. The highest BCUT2D eigenvalue weighted by Gasteiger charge is 2.15. The number of benzene rings is 2. The zero-order valence-electron chi connectivity index (χ0n) is 15.3. The fourth-order valence-corrected chi connectivity index (χ4v) is 2.79. The van der Waals surface area contributed by atoms with Gasteiger partial charge in [0.15, 0.2) is 12.4 Å². The smallest absolute Gasteiger partial charge is 0.264 e. The number of hydrogen-bond donors (Lipinski definition) is 2. The number of aliphatic hydroxyl groups is 2. The van der Waals surface area contributed by atoms with E-state index in [9.17, 15) is 10.2 Å². The van der Waals surface area contributed by atoms with Crippen molar-refractivity contribution in [2.24, 2.45) is 0 Å². The summed E-state index contributed by atoms with van der Waals surface area (Å²) in [5.41, 5.74) is 3.32. The van der Waals surface area contributed by atoms with Crippen LogP contribution in [0.4, 0.5) is 0 Å². The summed E-state index contributed by atoms with van der Waals surface area (Å²) >= 11 is 0. The van der Waals surface area contributed by atoms with Crippen molar-refractivity contribution in [3.63, 3.8) is 0 Å². The van der Waals surface area contributed by atoms with Gasteiger partial charge in [0, 0.05) is 17.5 Å². The van der Waals surface area contributed by atoms with Gasteiger partial charge in [0.25, 0.3) is 5.89 Å². The molecule has 0 spiro atoms. The van der Waals surface area contributed by atoms with Crippen molar-refractivity contribution >= 4 is 0 Å². The van der Waals surface area contributed by atoms with Crippen molar-refractivity contribution < 1.29 is 24.2 Å². The van der Waals surface area contributed by atoms with Crippen LogP contribution in [0.5, 0.6) is 11.5 Å². The molecule has 0 amide bonds. The molecule has 0 fully saturated rings. The summed E-state index contributed by atoms with van der Waals surface area (Å²) < 4.78 is 16.2. The molecule has 0 unspecified atom stereocenters. The van der Waals surface area contributed by atoms with E-state index in [0.717, 1.165) is 5.56 Å². The third-order valence-electron chi connectivity index (χ3n) is 4.25. The number of hydrogen-bond acceptors (Lipinski definition) is 7. The second-order valence-electron chi connectivity index (χ2n) is 6.09. The molecule has 27 heavy (non-hydrogen) atoms. The predicted molar refractivity (Wildman–Crippen MR) is 97.5 cm³/mol. The highest BCUT2D eigenvalue weighted by Crippen LogP contribution is 2.30. The summed E-state index contributed by atoms with van der Waals surface area (Å²) in [7, 11) is 1.52. The average molecular weight is 370 g/mol. The first-order valence-electron chi connectivity index (χ1n) is 8.54. The lowest BCUT2D eigenvalue weighted by Gasteiger charge is -2.14. The second kappa shape index (κ2) is 8.66. The Hall–Kier alpha value is -2.90. The number of aromatic nitrogens is 2. The summed E-state index contributed by atoms with van der Waals surface area (Å²) in [6.07, 6.45) is 0.572. The molecule has 0 aliphatic rings. The predicted octanol–water partition coefficient (Wildman–Crippen LogP) is 2.54. The Morgan fingerprint density at radius 3 is 2.37 bits per heavy atom. The normalized spacial score (nSPS) is 10.8. The van der Waals surface area contributed by atoms with Gasteiger partial charge in [-0.05, 0) is 30.2 Å². The van der Waals surface area contributed by atoms with Crippen LogP contribution in [0, 0.1) is 6.92 Å². The fraction of sp³-hybridized carbons (Fsp3) is 0.300. The van der Waals surface area contributed by atoms with Gasteiger partial charge in [0.2, 0.25) is 0 Å². The van der Waals surface area contributed by atoms with E-state index < -0.39 is 0 Å². The summed E-state index contributed by atoms with van der Waals surface area (Å²) in [4.78, 5) is 4.35. The Kier molecular flexibility index (Phi) is 6.05. The number of nitrogens with zero attached hydrogens (tertiary/aromatic N) is 2. The molecule has 0 aliphatic carbocycles. The van der Waals surface area contributed by atoms with Gasteiger partial charge in [-0.3, -0.25) is 0 Å². The molecule has 0 atom stereocenters. The van der Waals surface area contributed by atoms with Gasteiger partial charge in [-0.25, -0.2) is 0 Å². The summed E-state index contributed by atoms with van der Waals surface area (Å²) in [5.74, 6) is 1.82. The second-order valence-corrected chi connectivity index (χ2v) is 6.09. The monoisotopic (exact) mass is 370 g/mol. The van der Waals surface area contributed by atoms with E-state index in [0.29, 0.717) is 40.8 Å². The molecule has 3 rings (SSSR count). The Morgan fingerprint density at radius 1 is 1.04 bits per heavy atom. The summed E-state index contributed by atoms with van der Waals surface area (Å²) in [5, 5.41) is 23.2. The molecular formula is C20H22N2O5. The van der Waals surface area contributed by atoms with Crippen molar-refractivity contribution in [2.45, 2.75) is 33.2 Å². The molecular weight excluding hydrogens is 348 g/mol. The molecule has 7 heteroatoms. The van der Waals surface area contributed by atoms with Crippen LogP contribution < -0.4 is 9.47 Å². The number of rotatable bonds is 8. The first-order chi connectivity index (χ1) is 13.1. The quantitative estimate of drug-likeness (QED) is 0.629. The molecule has 0 saturated heterocycles. The maximum Gasteiger partial charge on any atom is 0.264 e. The lowest BCUT2D eigenvalue weighted by molar-refractivity contribution is 0.216. The molecule has 2 aromatic carbocycles. The lowest BCUT2D eigenvalue weighted by atomic mass is 10.1. The lowest BCUT2D eigenvalue weighted by Crippen LogP contribution is -2.04. The van der Waals surface area contributed by atoms with E-state index in [1.807, 2.05) is 31.2 Å². The van der Waals surface area contributed by atoms with Crippen molar-refractivity contribution in [1.29, 1.82) is 0 Å². The van der Waals surface area contributed by atoms with Crippen molar-refractivity contribution in [3.05, 3.63) is 70.4 Å². The fourth-order valence-electron chi connectivity index (χ4n) is 2.79. The van der Waals surface area contributed by atoms with Crippen LogP contribution in [0.25, 0.3) is 0 Å². The Labute approximate surface area is 157 Å². The van der Waals surface area contributed by atoms with E-state index in [-0.39, 0.29) is 19.8 Å². The van der Waals surface area contributed by atoms with Crippen molar-refractivity contribution in [1.82, 2.24) is 10.1 Å². The van der Waals surface area contributed by atoms with Crippen molar-refractivity contribution in [2.75, 3.05) is 7.11 Å². The molecule has 0 radical (unpaired) electrons. The molecule has 7 nitrogen and oxygen atoms in total. The first kappa shape index (κ1) is 18.9. The number of aliphatic hydroxyl groups excluding tert-OH is 2. The molecule has 1 heterocycles. The standard InChI is InChI=1S/C20H22N2O5/c1-13-5-3-4-6-14(13)9-18-21-19(27-22-18)12-26-20-15(10-23)7-17(25-2)8-16(20)11-24/h3-8,23-24H,9-12H2,1-2H3. The van der Waals surface area contributed by atoms with E-state index in [1.165, 1.54) is 12.7 Å². The first-order valence-corrected chi connectivity index (χ1v) is 8.54. The van der Waals surface area contributed by atoms with Gasteiger partial charge < -0.3 is 24.2 Å². The average Bonchev–Trinajstić information content (AvgIpc) is 3.14. The molecule has 2 N–H and O–H groups in total. The molecule has 0 saturated carbocycles. The van der Waals surface area contributed by atoms with Gasteiger partial charge in [-0.1, -0.05) is 29.4 Å². The van der Waals surface area contributed by atoms with Gasteiger partial charge in [-0.15, -0.1) is 0 Å². The molecule has 0 aliphatic heterocycles.